The normalized spacial score (nSPS) is 31.2. The molecular weight excluding hydrogens is 304 g/mol. The molecule has 1 saturated heterocycles. The second-order valence-corrected chi connectivity index (χ2v) is 5.12. The van der Waals surface area contributed by atoms with Gasteiger partial charge in [0.1, 0.15) is 31.0 Å². The van der Waals surface area contributed by atoms with Gasteiger partial charge in [-0.05, 0) is 11.6 Å². The summed E-state index contributed by atoms with van der Waals surface area (Å²) in [4.78, 5) is 11.7. The van der Waals surface area contributed by atoms with E-state index < -0.39 is 36.7 Å². The van der Waals surface area contributed by atoms with Crippen LogP contribution in [0.3, 0.4) is 0 Å². The summed E-state index contributed by atoms with van der Waals surface area (Å²) in [7, 11) is 1.30. The zero-order chi connectivity index (χ0) is 16.8. The van der Waals surface area contributed by atoms with E-state index in [4.69, 9.17) is 14.2 Å². The largest absolute Gasteiger partial charge is 0.460 e. The molecule has 7 nitrogen and oxygen atoms in total. The van der Waals surface area contributed by atoms with E-state index in [0.717, 1.165) is 5.56 Å². The van der Waals surface area contributed by atoms with Crippen molar-refractivity contribution in [1.82, 2.24) is 0 Å². The fraction of sp³-hybridized carbons (Fsp3) is 0.438. The SMILES string of the molecule is CO[C@H]1O[C@H](COC(=O)/C=C/c2ccccc2)[C@@H](O)[C@H](O)[C@H]1O. The Bertz CT molecular complexity index is 528. The summed E-state index contributed by atoms with van der Waals surface area (Å²) in [5.74, 6) is -0.612. The molecule has 1 aliphatic rings. The average molecular weight is 324 g/mol. The summed E-state index contributed by atoms with van der Waals surface area (Å²) in [6.45, 7) is -0.275. The van der Waals surface area contributed by atoms with Crippen molar-refractivity contribution in [3.05, 3.63) is 42.0 Å². The lowest BCUT2D eigenvalue weighted by atomic mass is 9.99. The number of methoxy groups -OCH3 is 1. The molecule has 1 aromatic rings. The minimum atomic E-state index is -1.45. The fourth-order valence-electron chi connectivity index (χ4n) is 2.19. The Morgan fingerprint density at radius 1 is 1.17 bits per heavy atom. The molecule has 126 valence electrons. The standard InChI is InChI=1S/C16H20O7/c1-21-16-15(20)14(19)13(18)11(23-16)9-22-12(17)8-7-10-5-3-2-4-6-10/h2-8,11,13-16,18-20H,9H2,1H3/b8-7+/t11-,13-,14+,15-,16+/m1/s1. The highest BCUT2D eigenvalue weighted by atomic mass is 16.7. The number of ether oxygens (including phenoxy) is 3. The van der Waals surface area contributed by atoms with E-state index in [0.29, 0.717) is 0 Å². The van der Waals surface area contributed by atoms with Crippen molar-refractivity contribution in [2.45, 2.75) is 30.7 Å². The van der Waals surface area contributed by atoms with Crippen LogP contribution in [0.25, 0.3) is 6.08 Å². The predicted octanol–water partition coefficient (Wildman–Crippen LogP) is -0.303. The maximum Gasteiger partial charge on any atom is 0.330 e. The lowest BCUT2D eigenvalue weighted by molar-refractivity contribution is -0.294. The number of benzene rings is 1. The third kappa shape index (κ3) is 4.60. The number of hydrogen-bond acceptors (Lipinski definition) is 7. The van der Waals surface area contributed by atoms with Crippen LogP contribution < -0.4 is 0 Å². The molecule has 23 heavy (non-hydrogen) atoms. The van der Waals surface area contributed by atoms with E-state index >= 15 is 0 Å². The van der Waals surface area contributed by atoms with Crippen LogP contribution in [0.1, 0.15) is 5.56 Å². The highest BCUT2D eigenvalue weighted by molar-refractivity contribution is 5.87. The van der Waals surface area contributed by atoms with Crippen molar-refractivity contribution in [2.24, 2.45) is 0 Å². The third-order valence-corrected chi connectivity index (χ3v) is 3.50. The molecule has 0 spiro atoms. The molecule has 0 aromatic heterocycles. The van der Waals surface area contributed by atoms with Crippen molar-refractivity contribution >= 4 is 12.0 Å². The van der Waals surface area contributed by atoms with Gasteiger partial charge in [-0.1, -0.05) is 30.3 Å². The molecule has 1 aromatic carbocycles. The topological polar surface area (TPSA) is 105 Å². The van der Waals surface area contributed by atoms with Gasteiger partial charge in [0.05, 0.1) is 0 Å². The number of esters is 1. The maximum atomic E-state index is 11.7. The first-order chi connectivity index (χ1) is 11.0. The monoisotopic (exact) mass is 324 g/mol. The van der Waals surface area contributed by atoms with Crippen LogP contribution >= 0.6 is 0 Å². The van der Waals surface area contributed by atoms with Crippen LogP contribution in [-0.4, -0.2) is 65.7 Å². The summed E-state index contributed by atoms with van der Waals surface area (Å²) in [6, 6.07) is 9.21. The molecule has 7 heteroatoms. The molecule has 0 saturated carbocycles. The molecule has 3 N–H and O–H groups in total. The number of rotatable bonds is 5. The molecule has 0 aliphatic carbocycles. The minimum absolute atomic E-state index is 0.275. The molecule has 0 bridgehead atoms. The van der Waals surface area contributed by atoms with Gasteiger partial charge in [0.25, 0.3) is 0 Å². The summed E-state index contributed by atoms with van der Waals surface area (Å²) in [5, 5.41) is 29.2. The smallest absolute Gasteiger partial charge is 0.330 e. The van der Waals surface area contributed by atoms with Crippen LogP contribution in [0.5, 0.6) is 0 Å². The van der Waals surface area contributed by atoms with Crippen molar-refractivity contribution < 1.29 is 34.3 Å². The molecule has 1 aliphatic heterocycles. The first-order valence-corrected chi connectivity index (χ1v) is 7.15. The number of carbonyl (C=O) groups is 1. The highest BCUT2D eigenvalue weighted by Gasteiger charge is 2.44. The summed E-state index contributed by atoms with van der Waals surface area (Å²) in [5.41, 5.74) is 0.844. The fourth-order valence-corrected chi connectivity index (χ4v) is 2.19. The van der Waals surface area contributed by atoms with Crippen molar-refractivity contribution in [3.63, 3.8) is 0 Å². The lowest BCUT2D eigenvalue weighted by Crippen LogP contribution is -2.59. The Morgan fingerprint density at radius 2 is 1.87 bits per heavy atom. The van der Waals surface area contributed by atoms with Gasteiger partial charge in [-0.2, -0.15) is 0 Å². The number of carbonyl (C=O) groups excluding carboxylic acids is 1. The zero-order valence-corrected chi connectivity index (χ0v) is 12.6. The van der Waals surface area contributed by atoms with Crippen molar-refractivity contribution in [3.8, 4) is 0 Å². The summed E-state index contributed by atoms with van der Waals surface area (Å²) < 4.78 is 15.1. The Balaban J connectivity index is 1.87. The predicted molar refractivity (Wildman–Crippen MR) is 80.1 cm³/mol. The van der Waals surface area contributed by atoms with Crippen LogP contribution in [0, 0.1) is 0 Å². The van der Waals surface area contributed by atoms with Crippen LogP contribution in [0.2, 0.25) is 0 Å². The van der Waals surface area contributed by atoms with Gasteiger partial charge in [0.15, 0.2) is 6.29 Å². The van der Waals surface area contributed by atoms with E-state index in [1.54, 1.807) is 6.08 Å². The van der Waals surface area contributed by atoms with Crippen LogP contribution in [0.15, 0.2) is 36.4 Å². The van der Waals surface area contributed by atoms with Crippen LogP contribution in [-0.2, 0) is 19.0 Å². The molecule has 5 atom stereocenters. The van der Waals surface area contributed by atoms with Gasteiger partial charge in [-0.15, -0.1) is 0 Å². The third-order valence-electron chi connectivity index (χ3n) is 3.50. The Kier molecular flexibility index (Phi) is 6.26. The van der Waals surface area contributed by atoms with Crippen LogP contribution in [0.4, 0.5) is 0 Å². The summed E-state index contributed by atoms with van der Waals surface area (Å²) in [6.07, 6.45) is -3.45. The van der Waals surface area contributed by atoms with Gasteiger partial charge in [-0.25, -0.2) is 4.79 Å². The molecule has 1 heterocycles. The molecule has 2 rings (SSSR count). The second-order valence-electron chi connectivity index (χ2n) is 5.12. The molecule has 0 amide bonds. The second kappa shape index (κ2) is 8.19. The molecule has 1 fully saturated rings. The first kappa shape index (κ1) is 17.6. The highest BCUT2D eigenvalue weighted by Crippen LogP contribution is 2.21. The van der Waals surface area contributed by atoms with E-state index in [2.05, 4.69) is 0 Å². The van der Waals surface area contributed by atoms with Gasteiger partial charge in [0.2, 0.25) is 0 Å². The van der Waals surface area contributed by atoms with Crippen molar-refractivity contribution in [2.75, 3.05) is 13.7 Å². The first-order valence-electron chi connectivity index (χ1n) is 7.15. The van der Waals surface area contributed by atoms with E-state index in [-0.39, 0.29) is 6.61 Å². The van der Waals surface area contributed by atoms with Gasteiger partial charge in [0, 0.05) is 13.2 Å². The van der Waals surface area contributed by atoms with Gasteiger partial charge >= 0.3 is 5.97 Å². The molecule has 0 radical (unpaired) electrons. The average Bonchev–Trinajstić information content (AvgIpc) is 2.58. The van der Waals surface area contributed by atoms with Crippen molar-refractivity contribution in [1.29, 1.82) is 0 Å². The van der Waals surface area contributed by atoms with Gasteiger partial charge < -0.3 is 29.5 Å². The number of aliphatic hydroxyl groups is 3. The Hall–Kier alpha value is -1.77. The Labute approximate surface area is 133 Å². The zero-order valence-electron chi connectivity index (χ0n) is 12.6. The maximum absolute atomic E-state index is 11.7. The number of aliphatic hydroxyl groups excluding tert-OH is 3. The van der Waals surface area contributed by atoms with E-state index in [1.165, 1.54) is 13.2 Å². The molecular formula is C16H20O7. The lowest BCUT2D eigenvalue weighted by Gasteiger charge is -2.39. The molecule has 0 unspecified atom stereocenters. The quantitative estimate of drug-likeness (QED) is 0.504. The Morgan fingerprint density at radius 3 is 2.52 bits per heavy atom. The summed E-state index contributed by atoms with van der Waals surface area (Å²) >= 11 is 0. The van der Waals surface area contributed by atoms with E-state index in [9.17, 15) is 20.1 Å². The minimum Gasteiger partial charge on any atom is -0.460 e. The number of hydrogen-bond donors (Lipinski definition) is 3. The van der Waals surface area contributed by atoms with E-state index in [1.807, 2.05) is 30.3 Å². The van der Waals surface area contributed by atoms with Gasteiger partial charge in [-0.3, -0.25) is 0 Å².